The monoisotopic (exact) mass is 294 g/mol. The zero-order valence-corrected chi connectivity index (χ0v) is 13.5. The number of aryl methyl sites for hydroxylation is 2. The molecule has 3 atom stereocenters. The molecule has 1 saturated heterocycles. The first-order chi connectivity index (χ1) is 9.15. The summed E-state index contributed by atoms with van der Waals surface area (Å²) in [6.07, 6.45) is 3.96. The molecule has 2 N–H and O–H groups in total. The van der Waals surface area contributed by atoms with Crippen LogP contribution >= 0.6 is 12.4 Å². The van der Waals surface area contributed by atoms with Crippen molar-refractivity contribution in [2.75, 3.05) is 13.1 Å². The number of nitrogens with two attached hydrogens (primary N) is 1. The Hall–Kier alpha value is -0.570. The van der Waals surface area contributed by atoms with Crippen LogP contribution in [0.1, 0.15) is 36.0 Å². The van der Waals surface area contributed by atoms with Gasteiger partial charge in [-0.15, -0.1) is 12.4 Å². The fourth-order valence-electron chi connectivity index (χ4n) is 4.06. The molecular formula is C17H27ClN2. The van der Waals surface area contributed by atoms with Gasteiger partial charge in [0.05, 0.1) is 0 Å². The first-order valence-corrected chi connectivity index (χ1v) is 7.68. The second-order valence-electron chi connectivity index (χ2n) is 6.58. The zero-order chi connectivity index (χ0) is 13.4. The third kappa shape index (κ3) is 3.03. The van der Waals surface area contributed by atoms with Crippen LogP contribution in [0.5, 0.6) is 0 Å². The summed E-state index contributed by atoms with van der Waals surface area (Å²) >= 11 is 0. The molecule has 2 fully saturated rings. The Morgan fingerprint density at radius 2 is 1.85 bits per heavy atom. The smallest absolute Gasteiger partial charge is 0.0239 e. The highest BCUT2D eigenvalue weighted by Gasteiger charge is 2.38. The van der Waals surface area contributed by atoms with Gasteiger partial charge in [-0.25, -0.2) is 0 Å². The molecule has 3 heteroatoms. The fourth-order valence-corrected chi connectivity index (χ4v) is 4.06. The number of hydrogen-bond donors (Lipinski definition) is 1. The highest BCUT2D eigenvalue weighted by Crippen LogP contribution is 2.36. The fraction of sp³-hybridized carbons (Fsp3) is 0.647. The lowest BCUT2D eigenvalue weighted by molar-refractivity contribution is 0.259. The molecular weight excluding hydrogens is 268 g/mol. The molecule has 1 aliphatic heterocycles. The quantitative estimate of drug-likeness (QED) is 0.907. The molecule has 3 unspecified atom stereocenters. The molecule has 1 saturated carbocycles. The van der Waals surface area contributed by atoms with Crippen molar-refractivity contribution >= 4 is 12.4 Å². The molecule has 2 aliphatic rings. The van der Waals surface area contributed by atoms with E-state index in [-0.39, 0.29) is 12.4 Å². The summed E-state index contributed by atoms with van der Waals surface area (Å²) in [7, 11) is 0. The number of hydrogen-bond acceptors (Lipinski definition) is 2. The molecule has 1 heterocycles. The maximum atomic E-state index is 6.31. The molecule has 112 valence electrons. The van der Waals surface area contributed by atoms with Crippen LogP contribution in [0.25, 0.3) is 0 Å². The topological polar surface area (TPSA) is 29.3 Å². The molecule has 0 amide bonds. The van der Waals surface area contributed by atoms with Crippen molar-refractivity contribution in [2.24, 2.45) is 17.6 Å². The maximum absolute atomic E-state index is 6.31. The molecule has 1 aromatic rings. The van der Waals surface area contributed by atoms with Gasteiger partial charge < -0.3 is 5.73 Å². The summed E-state index contributed by atoms with van der Waals surface area (Å²) in [5.41, 5.74) is 10.7. The predicted octanol–water partition coefficient (Wildman–Crippen LogP) is 3.28. The van der Waals surface area contributed by atoms with Gasteiger partial charge in [0.1, 0.15) is 0 Å². The van der Waals surface area contributed by atoms with Gasteiger partial charge >= 0.3 is 0 Å². The van der Waals surface area contributed by atoms with Gasteiger partial charge in [-0.2, -0.15) is 0 Å². The SMILES string of the molecule is Cc1cccc(C)c1CN1CC2CCCC(N)C2C1.Cl. The van der Waals surface area contributed by atoms with Crippen LogP contribution in [0, 0.1) is 25.7 Å². The van der Waals surface area contributed by atoms with Gasteiger partial charge in [-0.1, -0.05) is 24.6 Å². The Labute approximate surface area is 129 Å². The molecule has 1 aliphatic carbocycles. The van der Waals surface area contributed by atoms with Gasteiger partial charge in [0.25, 0.3) is 0 Å². The lowest BCUT2D eigenvalue weighted by Gasteiger charge is -2.29. The van der Waals surface area contributed by atoms with Crippen LogP contribution in [0.15, 0.2) is 18.2 Å². The van der Waals surface area contributed by atoms with E-state index in [0.29, 0.717) is 6.04 Å². The summed E-state index contributed by atoms with van der Waals surface area (Å²) in [5, 5.41) is 0. The molecule has 0 radical (unpaired) electrons. The van der Waals surface area contributed by atoms with Crippen LogP contribution in [-0.4, -0.2) is 24.0 Å². The summed E-state index contributed by atoms with van der Waals surface area (Å²) in [4.78, 5) is 2.63. The minimum atomic E-state index is 0. The molecule has 0 spiro atoms. The van der Waals surface area contributed by atoms with E-state index in [1.807, 2.05) is 0 Å². The predicted molar refractivity (Wildman–Crippen MR) is 87.2 cm³/mol. The second-order valence-corrected chi connectivity index (χ2v) is 6.58. The lowest BCUT2D eigenvalue weighted by atomic mass is 9.78. The molecule has 2 nitrogen and oxygen atoms in total. The number of likely N-dealkylation sites (tertiary alicyclic amines) is 1. The Kier molecular flexibility index (Phi) is 5.11. The number of nitrogens with zero attached hydrogens (tertiary/aromatic N) is 1. The Morgan fingerprint density at radius 1 is 1.15 bits per heavy atom. The third-order valence-corrected chi connectivity index (χ3v) is 5.26. The normalized spacial score (nSPS) is 29.9. The lowest BCUT2D eigenvalue weighted by Crippen LogP contribution is -2.38. The molecule has 20 heavy (non-hydrogen) atoms. The second kappa shape index (κ2) is 6.46. The molecule has 3 rings (SSSR count). The van der Waals surface area contributed by atoms with Gasteiger partial charge in [0.15, 0.2) is 0 Å². The Morgan fingerprint density at radius 3 is 2.50 bits per heavy atom. The van der Waals surface area contributed by atoms with Crippen LogP contribution in [0.2, 0.25) is 0 Å². The largest absolute Gasteiger partial charge is 0.327 e. The Balaban J connectivity index is 0.00000147. The standard InChI is InChI=1S/C17H26N2.ClH/c1-12-5-3-6-13(2)15(12)10-19-9-14-7-4-8-17(18)16(14)11-19;/h3,5-6,14,16-17H,4,7-11,18H2,1-2H3;1H. The van der Waals surface area contributed by atoms with Gasteiger partial charge in [-0.3, -0.25) is 4.90 Å². The zero-order valence-electron chi connectivity index (χ0n) is 12.6. The number of halogens is 1. The maximum Gasteiger partial charge on any atom is 0.0239 e. The minimum Gasteiger partial charge on any atom is -0.327 e. The average Bonchev–Trinajstić information content (AvgIpc) is 2.78. The van der Waals surface area contributed by atoms with E-state index in [9.17, 15) is 0 Å². The highest BCUT2D eigenvalue weighted by molar-refractivity contribution is 5.85. The summed E-state index contributed by atoms with van der Waals surface area (Å²) < 4.78 is 0. The van der Waals surface area contributed by atoms with E-state index < -0.39 is 0 Å². The number of fused-ring (bicyclic) bond motifs is 1. The van der Waals surface area contributed by atoms with Crippen molar-refractivity contribution in [3.8, 4) is 0 Å². The van der Waals surface area contributed by atoms with E-state index in [4.69, 9.17) is 5.73 Å². The highest BCUT2D eigenvalue weighted by atomic mass is 35.5. The van der Waals surface area contributed by atoms with E-state index in [0.717, 1.165) is 18.4 Å². The molecule has 1 aromatic carbocycles. The van der Waals surface area contributed by atoms with Gasteiger partial charge in [-0.05, 0) is 55.2 Å². The Bertz CT molecular complexity index is 440. The number of benzene rings is 1. The van der Waals surface area contributed by atoms with Crippen LogP contribution in [0.3, 0.4) is 0 Å². The van der Waals surface area contributed by atoms with Crippen molar-refractivity contribution in [1.29, 1.82) is 0 Å². The summed E-state index contributed by atoms with van der Waals surface area (Å²) in [6.45, 7) is 8.04. The average molecular weight is 295 g/mol. The van der Waals surface area contributed by atoms with E-state index in [2.05, 4.69) is 36.9 Å². The summed E-state index contributed by atoms with van der Waals surface area (Å²) in [5.74, 6) is 1.60. The van der Waals surface area contributed by atoms with Crippen LogP contribution in [-0.2, 0) is 6.54 Å². The van der Waals surface area contributed by atoms with Crippen molar-refractivity contribution in [1.82, 2.24) is 4.90 Å². The van der Waals surface area contributed by atoms with Gasteiger partial charge in [0.2, 0.25) is 0 Å². The van der Waals surface area contributed by atoms with Crippen LogP contribution in [0.4, 0.5) is 0 Å². The van der Waals surface area contributed by atoms with E-state index in [1.54, 1.807) is 0 Å². The first kappa shape index (κ1) is 15.8. The molecule has 0 aromatic heterocycles. The third-order valence-electron chi connectivity index (χ3n) is 5.26. The van der Waals surface area contributed by atoms with Crippen molar-refractivity contribution < 1.29 is 0 Å². The number of rotatable bonds is 2. The van der Waals surface area contributed by atoms with Crippen molar-refractivity contribution in [3.05, 3.63) is 34.9 Å². The minimum absolute atomic E-state index is 0. The van der Waals surface area contributed by atoms with Gasteiger partial charge in [0, 0.05) is 25.7 Å². The van der Waals surface area contributed by atoms with E-state index >= 15 is 0 Å². The van der Waals surface area contributed by atoms with Crippen molar-refractivity contribution in [2.45, 2.75) is 45.7 Å². The first-order valence-electron chi connectivity index (χ1n) is 7.68. The van der Waals surface area contributed by atoms with Crippen LogP contribution < -0.4 is 5.73 Å². The van der Waals surface area contributed by atoms with Crippen molar-refractivity contribution in [3.63, 3.8) is 0 Å². The summed E-state index contributed by atoms with van der Waals surface area (Å²) in [6, 6.07) is 7.07. The molecule has 0 bridgehead atoms. The van der Waals surface area contributed by atoms with E-state index in [1.165, 1.54) is 49.0 Å².